The van der Waals surface area contributed by atoms with E-state index in [1.807, 2.05) is 6.92 Å². The van der Waals surface area contributed by atoms with Crippen molar-refractivity contribution in [2.24, 2.45) is 0 Å². The monoisotopic (exact) mass is 499 g/mol. The van der Waals surface area contributed by atoms with Crippen LogP contribution in [0.1, 0.15) is 22.8 Å². The molecule has 184 valence electrons. The highest BCUT2D eigenvalue weighted by Gasteiger charge is 2.33. The Morgan fingerprint density at radius 1 is 1.12 bits per heavy atom. The van der Waals surface area contributed by atoms with E-state index in [1.165, 1.54) is 31.4 Å². The first-order valence-corrected chi connectivity index (χ1v) is 11.0. The normalized spacial score (nSPS) is 14.6. The van der Waals surface area contributed by atoms with Gasteiger partial charge in [0, 0.05) is 31.7 Å². The highest BCUT2D eigenvalue weighted by Crippen LogP contribution is 2.37. The largest absolute Gasteiger partial charge is 0.493 e. The SMILES string of the molecule is CCOc1c(Cl)cc(C(=O)N2CCN(CC(=O)Nc3ccccc3C(F)(F)F)CC2)cc1OC. The fourth-order valence-corrected chi connectivity index (χ4v) is 3.92. The Kier molecular flexibility index (Phi) is 8.27. The maximum Gasteiger partial charge on any atom is 0.418 e. The predicted molar refractivity (Wildman–Crippen MR) is 122 cm³/mol. The van der Waals surface area contributed by atoms with Crippen molar-refractivity contribution < 1.29 is 32.2 Å². The first-order chi connectivity index (χ1) is 16.1. The van der Waals surface area contributed by atoms with Crippen LogP contribution in [0.25, 0.3) is 0 Å². The third-order valence-electron chi connectivity index (χ3n) is 5.30. The Morgan fingerprint density at radius 3 is 2.41 bits per heavy atom. The number of benzene rings is 2. The zero-order valence-corrected chi connectivity index (χ0v) is 19.5. The van der Waals surface area contributed by atoms with Crippen LogP contribution in [-0.2, 0) is 11.0 Å². The number of anilines is 1. The molecule has 1 N–H and O–H groups in total. The molecule has 0 radical (unpaired) electrons. The molecule has 1 saturated heterocycles. The number of piperazine rings is 1. The van der Waals surface area contributed by atoms with Crippen LogP contribution in [0.5, 0.6) is 11.5 Å². The number of alkyl halides is 3. The van der Waals surface area contributed by atoms with Crippen LogP contribution in [0.2, 0.25) is 5.02 Å². The number of nitrogens with zero attached hydrogens (tertiary/aromatic N) is 2. The quantitative estimate of drug-likeness (QED) is 0.619. The molecule has 7 nitrogen and oxygen atoms in total. The van der Waals surface area contributed by atoms with Gasteiger partial charge in [0.25, 0.3) is 5.91 Å². The molecule has 2 amide bonds. The Morgan fingerprint density at radius 2 is 1.79 bits per heavy atom. The summed E-state index contributed by atoms with van der Waals surface area (Å²) in [6, 6.07) is 7.92. The zero-order valence-electron chi connectivity index (χ0n) is 18.7. The number of methoxy groups -OCH3 is 1. The first-order valence-electron chi connectivity index (χ1n) is 10.6. The molecule has 0 spiro atoms. The Hall–Kier alpha value is -2.98. The molecule has 0 unspecified atom stereocenters. The molecule has 0 aromatic heterocycles. The van der Waals surface area contributed by atoms with Crippen molar-refractivity contribution in [1.82, 2.24) is 9.80 Å². The Balaban J connectivity index is 1.58. The number of carbonyl (C=O) groups excluding carboxylic acids is 2. The van der Waals surface area contributed by atoms with Crippen LogP contribution >= 0.6 is 11.6 Å². The molecule has 0 bridgehead atoms. The molecule has 3 rings (SSSR count). The number of amides is 2. The van der Waals surface area contributed by atoms with Crippen molar-refractivity contribution in [3.63, 3.8) is 0 Å². The van der Waals surface area contributed by atoms with E-state index in [0.29, 0.717) is 49.8 Å². The van der Waals surface area contributed by atoms with Gasteiger partial charge in [-0.1, -0.05) is 23.7 Å². The number of para-hydroxylation sites is 1. The van der Waals surface area contributed by atoms with E-state index in [-0.39, 0.29) is 23.2 Å². The van der Waals surface area contributed by atoms with Crippen LogP contribution in [-0.4, -0.2) is 68.1 Å². The molecule has 0 saturated carbocycles. The molecule has 11 heteroatoms. The highest BCUT2D eigenvalue weighted by molar-refractivity contribution is 6.32. The number of rotatable bonds is 7. The number of hydrogen-bond acceptors (Lipinski definition) is 5. The molecule has 0 aliphatic carbocycles. The number of hydrogen-bond donors (Lipinski definition) is 1. The second-order valence-corrected chi connectivity index (χ2v) is 7.99. The minimum absolute atomic E-state index is 0.0864. The highest BCUT2D eigenvalue weighted by atomic mass is 35.5. The smallest absolute Gasteiger partial charge is 0.418 e. The lowest BCUT2D eigenvalue weighted by atomic mass is 10.1. The lowest BCUT2D eigenvalue weighted by Gasteiger charge is -2.34. The van der Waals surface area contributed by atoms with Crippen molar-refractivity contribution in [1.29, 1.82) is 0 Å². The van der Waals surface area contributed by atoms with Crippen molar-refractivity contribution >= 4 is 29.1 Å². The molecule has 2 aromatic carbocycles. The van der Waals surface area contributed by atoms with Gasteiger partial charge in [-0.25, -0.2) is 0 Å². The number of halogens is 4. The predicted octanol–water partition coefficient (Wildman–Crippen LogP) is 4.16. The van der Waals surface area contributed by atoms with Gasteiger partial charge in [-0.2, -0.15) is 13.2 Å². The van der Waals surface area contributed by atoms with E-state index < -0.39 is 17.6 Å². The van der Waals surface area contributed by atoms with Gasteiger partial charge < -0.3 is 19.7 Å². The maximum atomic E-state index is 13.1. The molecule has 1 heterocycles. The van der Waals surface area contributed by atoms with Gasteiger partial charge >= 0.3 is 6.18 Å². The lowest BCUT2D eigenvalue weighted by molar-refractivity contribution is -0.137. The van der Waals surface area contributed by atoms with Crippen molar-refractivity contribution in [2.75, 3.05) is 51.8 Å². The summed E-state index contributed by atoms with van der Waals surface area (Å²) >= 11 is 6.26. The van der Waals surface area contributed by atoms with Crippen molar-refractivity contribution in [3.05, 3.63) is 52.5 Å². The van der Waals surface area contributed by atoms with E-state index >= 15 is 0 Å². The number of nitrogens with one attached hydrogen (secondary N) is 1. The van der Waals surface area contributed by atoms with Crippen LogP contribution in [0.4, 0.5) is 18.9 Å². The summed E-state index contributed by atoms with van der Waals surface area (Å²) in [6.07, 6.45) is -4.57. The molecule has 34 heavy (non-hydrogen) atoms. The van der Waals surface area contributed by atoms with Gasteiger partial charge in [0.05, 0.1) is 36.5 Å². The Bertz CT molecular complexity index is 1040. The summed E-state index contributed by atoms with van der Waals surface area (Å²) in [5.41, 5.74) is -0.835. The molecule has 1 fully saturated rings. The first kappa shape index (κ1) is 25.6. The average molecular weight is 500 g/mol. The van der Waals surface area contributed by atoms with Crippen LogP contribution in [0, 0.1) is 0 Å². The van der Waals surface area contributed by atoms with Crippen molar-refractivity contribution in [2.45, 2.75) is 13.1 Å². The fraction of sp³-hybridized carbons (Fsp3) is 0.391. The summed E-state index contributed by atoms with van der Waals surface area (Å²) in [6.45, 7) is 3.59. The molecule has 0 atom stereocenters. The summed E-state index contributed by atoms with van der Waals surface area (Å²) in [5, 5.41) is 2.60. The molecule has 1 aliphatic rings. The second kappa shape index (κ2) is 11.0. The summed E-state index contributed by atoms with van der Waals surface area (Å²) in [5.74, 6) is -0.0794. The van der Waals surface area contributed by atoms with Gasteiger partial charge in [0.1, 0.15) is 0 Å². The standard InChI is InChI=1S/C23H25ClF3N3O4/c1-3-34-21-17(24)12-15(13-19(21)33-2)22(32)30-10-8-29(9-11-30)14-20(31)28-18-7-5-4-6-16(18)23(25,26)27/h4-7,12-13H,3,8-11,14H2,1-2H3,(H,28,31). The molecular formula is C23H25ClF3N3O4. The third-order valence-corrected chi connectivity index (χ3v) is 5.58. The van der Waals surface area contributed by atoms with Gasteiger partial charge in [0.2, 0.25) is 5.91 Å². The summed E-state index contributed by atoms with van der Waals surface area (Å²) in [4.78, 5) is 28.7. The number of ether oxygens (including phenoxy) is 2. The van der Waals surface area contributed by atoms with E-state index in [2.05, 4.69) is 5.32 Å². The maximum absolute atomic E-state index is 13.1. The van der Waals surface area contributed by atoms with Crippen LogP contribution in [0.3, 0.4) is 0 Å². The molecule has 2 aromatic rings. The fourth-order valence-electron chi connectivity index (χ4n) is 3.65. The van der Waals surface area contributed by atoms with E-state index in [0.717, 1.165) is 6.07 Å². The summed E-state index contributed by atoms with van der Waals surface area (Å²) < 4.78 is 50.1. The average Bonchev–Trinajstić information content (AvgIpc) is 2.80. The van der Waals surface area contributed by atoms with Gasteiger partial charge in [-0.15, -0.1) is 0 Å². The third kappa shape index (κ3) is 6.12. The minimum atomic E-state index is -4.57. The molecular weight excluding hydrogens is 475 g/mol. The second-order valence-electron chi connectivity index (χ2n) is 7.58. The van der Waals surface area contributed by atoms with Gasteiger partial charge in [0.15, 0.2) is 11.5 Å². The topological polar surface area (TPSA) is 71.1 Å². The van der Waals surface area contributed by atoms with Gasteiger partial charge in [-0.3, -0.25) is 14.5 Å². The van der Waals surface area contributed by atoms with Crippen LogP contribution < -0.4 is 14.8 Å². The van der Waals surface area contributed by atoms with E-state index in [1.54, 1.807) is 15.9 Å². The number of carbonyl (C=O) groups is 2. The van der Waals surface area contributed by atoms with E-state index in [9.17, 15) is 22.8 Å². The lowest BCUT2D eigenvalue weighted by Crippen LogP contribution is -2.50. The molecule has 1 aliphatic heterocycles. The minimum Gasteiger partial charge on any atom is -0.493 e. The Labute approximate surface area is 200 Å². The zero-order chi connectivity index (χ0) is 24.9. The van der Waals surface area contributed by atoms with Crippen molar-refractivity contribution in [3.8, 4) is 11.5 Å². The summed E-state index contributed by atoms with van der Waals surface area (Å²) in [7, 11) is 1.46. The van der Waals surface area contributed by atoms with Crippen LogP contribution in [0.15, 0.2) is 36.4 Å². The van der Waals surface area contributed by atoms with E-state index in [4.69, 9.17) is 21.1 Å². The van der Waals surface area contributed by atoms with Gasteiger partial charge in [-0.05, 0) is 31.2 Å².